The summed E-state index contributed by atoms with van der Waals surface area (Å²) in [6, 6.07) is 6.03. The maximum absolute atomic E-state index is 13.9. The topological polar surface area (TPSA) is 40.6 Å². The van der Waals surface area contributed by atoms with Gasteiger partial charge in [0.05, 0.1) is 4.75 Å². The van der Waals surface area contributed by atoms with Crippen molar-refractivity contribution in [2.45, 2.75) is 75.4 Å². The first-order valence-corrected chi connectivity index (χ1v) is 11.6. The SMILES string of the molecule is CC(C)(C)S(=O)(=O)N1CC(N2CCCc3cc(Cl)ccc32)CC12CC(F)C2. The van der Waals surface area contributed by atoms with Gasteiger partial charge in [-0.2, -0.15) is 4.31 Å². The Morgan fingerprint density at radius 3 is 2.56 bits per heavy atom. The van der Waals surface area contributed by atoms with Crippen LogP contribution in [0.3, 0.4) is 0 Å². The second-order valence-corrected chi connectivity index (χ2v) is 12.4. The van der Waals surface area contributed by atoms with Gasteiger partial charge in [0, 0.05) is 35.4 Å². The highest BCUT2D eigenvalue weighted by Gasteiger charge is 2.60. The van der Waals surface area contributed by atoms with Crippen LogP contribution < -0.4 is 4.90 Å². The number of halogens is 2. The Kier molecular flexibility index (Phi) is 4.56. The molecule has 0 aromatic heterocycles. The van der Waals surface area contributed by atoms with Crippen molar-refractivity contribution >= 4 is 27.3 Å². The van der Waals surface area contributed by atoms with Crippen LogP contribution in [0.15, 0.2) is 18.2 Å². The molecule has 1 unspecified atom stereocenters. The van der Waals surface area contributed by atoms with E-state index in [0.29, 0.717) is 25.8 Å². The summed E-state index contributed by atoms with van der Waals surface area (Å²) in [7, 11) is -3.50. The van der Waals surface area contributed by atoms with Gasteiger partial charge in [-0.1, -0.05) is 11.6 Å². The third-order valence-corrected chi connectivity index (χ3v) is 9.32. The second-order valence-electron chi connectivity index (χ2n) is 9.31. The molecule has 4 rings (SSSR count). The summed E-state index contributed by atoms with van der Waals surface area (Å²) in [5, 5.41) is 0.731. The molecule has 3 aliphatic rings. The number of sulfonamides is 1. The van der Waals surface area contributed by atoms with Gasteiger partial charge in [-0.25, -0.2) is 12.8 Å². The highest BCUT2D eigenvalue weighted by molar-refractivity contribution is 7.90. The number of rotatable bonds is 2. The van der Waals surface area contributed by atoms with Gasteiger partial charge in [0.15, 0.2) is 0 Å². The van der Waals surface area contributed by atoms with Crippen molar-refractivity contribution in [1.29, 1.82) is 0 Å². The Balaban J connectivity index is 1.68. The highest BCUT2D eigenvalue weighted by Crippen LogP contribution is 2.51. The molecule has 1 saturated carbocycles. The van der Waals surface area contributed by atoms with E-state index in [4.69, 9.17) is 11.6 Å². The smallest absolute Gasteiger partial charge is 0.219 e. The summed E-state index contributed by atoms with van der Waals surface area (Å²) in [6.45, 7) is 6.53. The number of hydrogen-bond donors (Lipinski definition) is 0. The molecule has 1 atom stereocenters. The van der Waals surface area contributed by atoms with Crippen LogP contribution in [0.1, 0.15) is 52.0 Å². The predicted octanol–water partition coefficient (Wildman–Crippen LogP) is 4.17. The minimum Gasteiger partial charge on any atom is -0.367 e. The Morgan fingerprint density at radius 2 is 1.93 bits per heavy atom. The molecule has 0 bridgehead atoms. The van der Waals surface area contributed by atoms with E-state index >= 15 is 0 Å². The van der Waals surface area contributed by atoms with Crippen LogP contribution in [0.5, 0.6) is 0 Å². The quantitative estimate of drug-likeness (QED) is 0.729. The molecular formula is C20H28ClFN2O2S. The van der Waals surface area contributed by atoms with Gasteiger partial charge in [-0.05, 0) is 76.6 Å². The van der Waals surface area contributed by atoms with Crippen LogP contribution in [0.25, 0.3) is 0 Å². The van der Waals surface area contributed by atoms with E-state index in [0.717, 1.165) is 30.1 Å². The molecule has 27 heavy (non-hydrogen) atoms. The molecule has 2 fully saturated rings. The van der Waals surface area contributed by atoms with Crippen molar-refractivity contribution in [2.75, 3.05) is 18.0 Å². The summed E-state index contributed by atoms with van der Waals surface area (Å²) < 4.78 is 41.1. The van der Waals surface area contributed by atoms with E-state index in [1.54, 1.807) is 25.1 Å². The fourth-order valence-corrected chi connectivity index (χ4v) is 6.95. The number of fused-ring (bicyclic) bond motifs is 1. The molecule has 1 spiro atoms. The zero-order valence-corrected chi connectivity index (χ0v) is 17.8. The highest BCUT2D eigenvalue weighted by atomic mass is 35.5. The van der Waals surface area contributed by atoms with Crippen molar-refractivity contribution < 1.29 is 12.8 Å². The predicted molar refractivity (Wildman–Crippen MR) is 108 cm³/mol. The van der Waals surface area contributed by atoms with E-state index in [1.165, 1.54) is 5.56 Å². The molecule has 1 aromatic rings. The molecular weight excluding hydrogens is 387 g/mol. The fraction of sp³-hybridized carbons (Fsp3) is 0.700. The summed E-state index contributed by atoms with van der Waals surface area (Å²) in [5.41, 5.74) is 1.81. The lowest BCUT2D eigenvalue weighted by atomic mass is 9.73. The van der Waals surface area contributed by atoms with E-state index in [2.05, 4.69) is 4.90 Å². The Labute approximate surface area is 166 Å². The van der Waals surface area contributed by atoms with E-state index < -0.39 is 26.5 Å². The maximum Gasteiger partial charge on any atom is 0.219 e. The number of nitrogens with zero attached hydrogens (tertiary/aromatic N) is 2. The van der Waals surface area contributed by atoms with Gasteiger partial charge in [0.25, 0.3) is 0 Å². The Morgan fingerprint density at radius 1 is 1.22 bits per heavy atom. The van der Waals surface area contributed by atoms with Gasteiger partial charge in [0.2, 0.25) is 10.0 Å². The van der Waals surface area contributed by atoms with Crippen molar-refractivity contribution in [2.24, 2.45) is 0 Å². The van der Waals surface area contributed by atoms with Crippen LogP contribution in [0.2, 0.25) is 5.02 Å². The van der Waals surface area contributed by atoms with Gasteiger partial charge in [-0.15, -0.1) is 0 Å². The first-order valence-electron chi connectivity index (χ1n) is 9.75. The molecule has 2 aliphatic heterocycles. The first kappa shape index (κ1) is 19.5. The normalized spacial score (nSPS) is 31.8. The number of anilines is 1. The standard InChI is InChI=1S/C20H28ClFN2O2S/c1-19(2,3)27(25,26)24-13-17(12-20(24)10-16(22)11-20)23-8-4-5-14-9-15(21)6-7-18(14)23/h6-7,9,16-17H,4-5,8,10-13H2,1-3H3. The first-order chi connectivity index (χ1) is 12.5. The summed E-state index contributed by atoms with van der Waals surface area (Å²) in [5.74, 6) is 0. The van der Waals surface area contributed by atoms with Crippen LogP contribution in [-0.4, -0.2) is 48.3 Å². The molecule has 0 N–H and O–H groups in total. The van der Waals surface area contributed by atoms with Gasteiger partial charge < -0.3 is 4.90 Å². The average Bonchev–Trinajstić information content (AvgIpc) is 2.93. The van der Waals surface area contributed by atoms with E-state index in [9.17, 15) is 12.8 Å². The minimum atomic E-state index is -3.50. The minimum absolute atomic E-state index is 0.0786. The lowest BCUT2D eigenvalue weighted by molar-refractivity contribution is 0.0325. The van der Waals surface area contributed by atoms with Gasteiger partial charge in [0.1, 0.15) is 6.17 Å². The molecule has 1 saturated heterocycles. The monoisotopic (exact) mass is 414 g/mol. The maximum atomic E-state index is 13.9. The molecule has 1 aliphatic carbocycles. The largest absolute Gasteiger partial charge is 0.367 e. The van der Waals surface area contributed by atoms with Crippen LogP contribution in [-0.2, 0) is 16.4 Å². The average molecular weight is 415 g/mol. The lowest BCUT2D eigenvalue weighted by Crippen LogP contribution is -2.59. The third-order valence-electron chi connectivity index (χ3n) is 6.42. The van der Waals surface area contributed by atoms with Crippen molar-refractivity contribution in [1.82, 2.24) is 4.31 Å². The molecule has 4 nitrogen and oxygen atoms in total. The van der Waals surface area contributed by atoms with Crippen molar-refractivity contribution in [3.05, 3.63) is 28.8 Å². The number of alkyl halides is 1. The Bertz CT molecular complexity index is 846. The zero-order chi connectivity index (χ0) is 19.6. The van der Waals surface area contributed by atoms with Crippen LogP contribution in [0.4, 0.5) is 10.1 Å². The molecule has 0 radical (unpaired) electrons. The fourth-order valence-electron chi connectivity index (χ4n) is 4.99. The van der Waals surface area contributed by atoms with Gasteiger partial charge >= 0.3 is 0 Å². The Hall–Kier alpha value is -0.850. The van der Waals surface area contributed by atoms with Gasteiger partial charge in [-0.3, -0.25) is 0 Å². The third kappa shape index (κ3) is 3.08. The summed E-state index contributed by atoms with van der Waals surface area (Å²) >= 11 is 6.16. The van der Waals surface area contributed by atoms with Crippen LogP contribution in [0, 0.1) is 0 Å². The number of hydrogen-bond acceptors (Lipinski definition) is 3. The molecule has 150 valence electrons. The summed E-state index contributed by atoms with van der Waals surface area (Å²) in [4.78, 5) is 2.33. The zero-order valence-electron chi connectivity index (χ0n) is 16.2. The summed E-state index contributed by atoms with van der Waals surface area (Å²) in [6.07, 6.45) is 2.45. The molecule has 2 heterocycles. The van der Waals surface area contributed by atoms with Crippen LogP contribution >= 0.6 is 11.6 Å². The molecule has 7 heteroatoms. The lowest BCUT2D eigenvalue weighted by Gasteiger charge is -2.48. The number of benzene rings is 1. The molecule has 0 amide bonds. The van der Waals surface area contributed by atoms with Crippen molar-refractivity contribution in [3.63, 3.8) is 0 Å². The second kappa shape index (κ2) is 6.33. The van der Waals surface area contributed by atoms with E-state index in [1.807, 2.05) is 18.2 Å². The number of aryl methyl sites for hydroxylation is 1. The van der Waals surface area contributed by atoms with E-state index in [-0.39, 0.29) is 6.04 Å². The van der Waals surface area contributed by atoms with Crippen molar-refractivity contribution in [3.8, 4) is 0 Å². The molecule has 1 aromatic carbocycles.